The Kier molecular flexibility index (Phi) is 3.18. The van der Waals surface area contributed by atoms with E-state index in [1.165, 1.54) is 24.8 Å². The zero-order valence-electron chi connectivity index (χ0n) is 11.0. The fourth-order valence-corrected chi connectivity index (χ4v) is 3.87. The van der Waals surface area contributed by atoms with Gasteiger partial charge in [-0.25, -0.2) is 0 Å². The molecule has 0 heterocycles. The van der Waals surface area contributed by atoms with E-state index in [1.54, 1.807) is 0 Å². The maximum Gasteiger partial charge on any atom is 0.0707 e. The van der Waals surface area contributed by atoms with Crippen molar-refractivity contribution in [1.82, 2.24) is 0 Å². The molecule has 0 aliphatic heterocycles. The molecule has 2 fully saturated rings. The number of rotatable bonds is 1. The van der Waals surface area contributed by atoms with E-state index in [0.29, 0.717) is 17.8 Å². The van der Waals surface area contributed by atoms with Crippen molar-refractivity contribution >= 4 is 0 Å². The van der Waals surface area contributed by atoms with E-state index in [9.17, 15) is 5.11 Å². The summed E-state index contributed by atoms with van der Waals surface area (Å²) in [7, 11) is 0. The van der Waals surface area contributed by atoms with Crippen molar-refractivity contribution in [3.05, 3.63) is 12.2 Å². The zero-order valence-corrected chi connectivity index (χ0v) is 11.0. The van der Waals surface area contributed by atoms with Gasteiger partial charge in [0.05, 0.1) is 5.60 Å². The predicted octanol–water partition coefficient (Wildman–Crippen LogP) is 3.78. The average Bonchev–Trinajstić information content (AvgIpc) is 2.23. The topological polar surface area (TPSA) is 20.2 Å². The summed E-state index contributed by atoms with van der Waals surface area (Å²) < 4.78 is 0. The first kappa shape index (κ1) is 12.2. The standard InChI is InChI=1S/C15H26O/c1-10(2)15(16)8-7-12(4)13-6-5-11(3)9-14(13)15/h10-11,13-14,16H,4-9H2,1-3H3/t11-,13-,14-,15-/m1/s1. The van der Waals surface area contributed by atoms with Crippen molar-refractivity contribution in [2.24, 2.45) is 23.7 Å². The van der Waals surface area contributed by atoms with Gasteiger partial charge in [0.1, 0.15) is 0 Å². The summed E-state index contributed by atoms with van der Waals surface area (Å²) in [6.07, 6.45) is 5.72. The fraction of sp³-hybridized carbons (Fsp3) is 0.867. The summed E-state index contributed by atoms with van der Waals surface area (Å²) >= 11 is 0. The highest BCUT2D eigenvalue weighted by molar-refractivity contribution is 5.14. The Bertz CT molecular complexity index is 281. The molecule has 0 spiro atoms. The van der Waals surface area contributed by atoms with Gasteiger partial charge < -0.3 is 5.11 Å². The van der Waals surface area contributed by atoms with Gasteiger partial charge in [-0.15, -0.1) is 0 Å². The first-order chi connectivity index (χ1) is 7.45. The first-order valence-corrected chi connectivity index (χ1v) is 6.85. The van der Waals surface area contributed by atoms with Crippen LogP contribution in [0.15, 0.2) is 12.2 Å². The van der Waals surface area contributed by atoms with Gasteiger partial charge in [-0.3, -0.25) is 0 Å². The number of allylic oxidation sites excluding steroid dienone is 1. The van der Waals surface area contributed by atoms with Gasteiger partial charge in [0, 0.05) is 0 Å². The van der Waals surface area contributed by atoms with Crippen molar-refractivity contribution in [1.29, 1.82) is 0 Å². The van der Waals surface area contributed by atoms with Crippen molar-refractivity contribution in [3.63, 3.8) is 0 Å². The molecule has 0 aromatic carbocycles. The maximum absolute atomic E-state index is 10.9. The van der Waals surface area contributed by atoms with Crippen LogP contribution in [0.2, 0.25) is 0 Å². The van der Waals surface area contributed by atoms with Crippen LogP contribution in [-0.4, -0.2) is 10.7 Å². The van der Waals surface area contributed by atoms with Crippen molar-refractivity contribution in [2.45, 2.75) is 58.5 Å². The third-order valence-corrected chi connectivity index (χ3v) is 5.13. The van der Waals surface area contributed by atoms with E-state index in [2.05, 4.69) is 27.4 Å². The van der Waals surface area contributed by atoms with Crippen LogP contribution >= 0.6 is 0 Å². The van der Waals surface area contributed by atoms with E-state index in [0.717, 1.165) is 18.8 Å². The molecule has 0 saturated heterocycles. The molecule has 16 heavy (non-hydrogen) atoms. The SMILES string of the molecule is C=C1CC[C@@](O)(C(C)C)[C@@H]2C[C@H](C)CC[C@H]12. The monoisotopic (exact) mass is 222 g/mol. The zero-order chi connectivity index (χ0) is 11.9. The van der Waals surface area contributed by atoms with Crippen LogP contribution in [0, 0.1) is 23.7 Å². The molecule has 2 aliphatic carbocycles. The van der Waals surface area contributed by atoms with Crippen LogP contribution < -0.4 is 0 Å². The molecular weight excluding hydrogens is 196 g/mol. The first-order valence-electron chi connectivity index (χ1n) is 6.85. The normalized spacial score (nSPS) is 44.6. The minimum Gasteiger partial charge on any atom is -0.389 e. The van der Waals surface area contributed by atoms with Crippen molar-refractivity contribution in [3.8, 4) is 0 Å². The lowest BCUT2D eigenvalue weighted by atomic mass is 9.57. The molecule has 4 atom stereocenters. The summed E-state index contributed by atoms with van der Waals surface area (Å²) in [6, 6.07) is 0. The molecule has 2 rings (SSSR count). The molecule has 0 unspecified atom stereocenters. The Balaban J connectivity index is 2.26. The van der Waals surface area contributed by atoms with Gasteiger partial charge in [-0.05, 0) is 49.4 Å². The lowest BCUT2D eigenvalue weighted by Crippen LogP contribution is -2.51. The Morgan fingerprint density at radius 2 is 2.06 bits per heavy atom. The van der Waals surface area contributed by atoms with E-state index in [-0.39, 0.29) is 0 Å². The third kappa shape index (κ3) is 1.84. The van der Waals surface area contributed by atoms with Crippen molar-refractivity contribution < 1.29 is 5.11 Å². The number of hydrogen-bond acceptors (Lipinski definition) is 1. The molecular formula is C15H26O. The Morgan fingerprint density at radius 3 is 2.69 bits per heavy atom. The third-order valence-electron chi connectivity index (χ3n) is 5.13. The van der Waals surface area contributed by atoms with Gasteiger partial charge in [0.25, 0.3) is 0 Å². The smallest absolute Gasteiger partial charge is 0.0707 e. The number of fused-ring (bicyclic) bond motifs is 1. The highest BCUT2D eigenvalue weighted by Gasteiger charge is 2.48. The molecule has 0 amide bonds. The van der Waals surface area contributed by atoms with Crippen LogP contribution in [-0.2, 0) is 0 Å². The molecule has 1 heteroatoms. The highest BCUT2D eigenvalue weighted by Crippen LogP contribution is 2.51. The van der Waals surface area contributed by atoms with Crippen LogP contribution in [0.25, 0.3) is 0 Å². The quantitative estimate of drug-likeness (QED) is 0.669. The second-order valence-electron chi connectivity index (χ2n) is 6.44. The summed E-state index contributed by atoms with van der Waals surface area (Å²) in [5, 5.41) is 10.9. The second kappa shape index (κ2) is 4.18. The summed E-state index contributed by atoms with van der Waals surface area (Å²) in [6.45, 7) is 10.9. The number of hydrogen-bond donors (Lipinski definition) is 1. The van der Waals surface area contributed by atoms with Gasteiger partial charge in [0.2, 0.25) is 0 Å². The van der Waals surface area contributed by atoms with E-state index in [4.69, 9.17) is 0 Å². The molecule has 2 aliphatic rings. The molecule has 0 radical (unpaired) electrons. The molecule has 0 bridgehead atoms. The van der Waals surface area contributed by atoms with Gasteiger partial charge in [-0.2, -0.15) is 0 Å². The van der Waals surface area contributed by atoms with Crippen molar-refractivity contribution in [2.75, 3.05) is 0 Å². The molecule has 92 valence electrons. The van der Waals surface area contributed by atoms with Crippen LogP contribution in [0.3, 0.4) is 0 Å². The summed E-state index contributed by atoms with van der Waals surface area (Å²) in [4.78, 5) is 0. The average molecular weight is 222 g/mol. The van der Waals surface area contributed by atoms with Gasteiger partial charge in [0.15, 0.2) is 0 Å². The predicted molar refractivity (Wildman–Crippen MR) is 68.2 cm³/mol. The van der Waals surface area contributed by atoms with Crippen LogP contribution in [0.1, 0.15) is 52.9 Å². The Hall–Kier alpha value is -0.300. The van der Waals surface area contributed by atoms with Gasteiger partial charge in [-0.1, -0.05) is 39.3 Å². The molecule has 2 saturated carbocycles. The molecule has 1 nitrogen and oxygen atoms in total. The van der Waals surface area contributed by atoms with Crippen LogP contribution in [0.4, 0.5) is 0 Å². The lowest BCUT2D eigenvalue weighted by Gasteiger charge is -2.51. The molecule has 1 N–H and O–H groups in total. The number of aliphatic hydroxyl groups is 1. The minimum absolute atomic E-state index is 0.374. The van der Waals surface area contributed by atoms with E-state index >= 15 is 0 Å². The lowest BCUT2D eigenvalue weighted by molar-refractivity contribution is -0.110. The summed E-state index contributed by atoms with van der Waals surface area (Å²) in [5.74, 6) is 2.21. The van der Waals surface area contributed by atoms with Crippen LogP contribution in [0.5, 0.6) is 0 Å². The van der Waals surface area contributed by atoms with Gasteiger partial charge >= 0.3 is 0 Å². The Labute approximate surface area is 99.9 Å². The largest absolute Gasteiger partial charge is 0.389 e. The Morgan fingerprint density at radius 1 is 1.38 bits per heavy atom. The highest BCUT2D eigenvalue weighted by atomic mass is 16.3. The maximum atomic E-state index is 10.9. The fourth-order valence-electron chi connectivity index (χ4n) is 3.87. The molecule has 0 aromatic rings. The molecule has 0 aromatic heterocycles. The minimum atomic E-state index is -0.430. The van der Waals surface area contributed by atoms with E-state index < -0.39 is 5.60 Å². The second-order valence-corrected chi connectivity index (χ2v) is 6.44. The summed E-state index contributed by atoms with van der Waals surface area (Å²) in [5.41, 5.74) is 0.975. The van der Waals surface area contributed by atoms with E-state index in [1.807, 2.05) is 0 Å².